The maximum Gasteiger partial charge on any atom is 0.255 e. The van der Waals surface area contributed by atoms with E-state index in [4.69, 9.17) is 45.0 Å². The number of carbonyl (C=O) groups excluding carboxylic acids is 1. The fourth-order valence-corrected chi connectivity index (χ4v) is 3.78. The molecule has 1 aromatic carbocycles. The molecule has 3 aromatic rings. The Morgan fingerprint density at radius 3 is 2.68 bits per heavy atom. The zero-order valence-corrected chi connectivity index (χ0v) is 19.0. The third-order valence-corrected chi connectivity index (χ3v) is 5.64. The van der Waals surface area contributed by atoms with Crippen molar-refractivity contribution in [3.63, 3.8) is 0 Å². The lowest BCUT2D eigenvalue weighted by molar-refractivity contribution is -0.120. The summed E-state index contributed by atoms with van der Waals surface area (Å²) < 4.78 is 6.66. The number of hydrogen-bond donors (Lipinski definition) is 2. The molecule has 0 bridgehead atoms. The van der Waals surface area contributed by atoms with Gasteiger partial charge in [-0.3, -0.25) is 9.59 Å². The van der Waals surface area contributed by atoms with Crippen LogP contribution in [0, 0.1) is 6.92 Å². The van der Waals surface area contributed by atoms with Gasteiger partial charge in [0.15, 0.2) is 5.89 Å². The number of carbonyl (C=O) groups is 1. The summed E-state index contributed by atoms with van der Waals surface area (Å²) in [6.45, 7) is 2.58. The lowest BCUT2D eigenvalue weighted by Gasteiger charge is -2.12. The van der Waals surface area contributed by atoms with Gasteiger partial charge in [0.25, 0.3) is 5.56 Å². The van der Waals surface area contributed by atoms with Crippen LogP contribution in [-0.2, 0) is 37.3 Å². The largest absolute Gasteiger partial charge is 0.429 e. The van der Waals surface area contributed by atoms with Gasteiger partial charge in [-0.2, -0.15) is 0 Å². The second-order valence-electron chi connectivity index (χ2n) is 6.91. The number of halogens is 3. The number of rotatable bonds is 8. The van der Waals surface area contributed by atoms with Crippen LogP contribution in [0.2, 0.25) is 15.3 Å². The Bertz CT molecular complexity index is 1160. The molecule has 31 heavy (non-hydrogen) atoms. The summed E-state index contributed by atoms with van der Waals surface area (Å²) in [4.78, 5) is 29.5. The smallest absolute Gasteiger partial charge is 0.255 e. The second-order valence-corrected chi connectivity index (χ2v) is 8.10. The molecule has 0 aliphatic rings. The summed E-state index contributed by atoms with van der Waals surface area (Å²) in [6.07, 6.45) is 1.83. The molecular weight excluding hydrogens is 463 g/mol. The van der Waals surface area contributed by atoms with Gasteiger partial charge in [0, 0.05) is 49.8 Å². The fraction of sp³-hybridized carbons (Fsp3) is 0.286. The third-order valence-electron chi connectivity index (χ3n) is 4.76. The number of amides is 1. The van der Waals surface area contributed by atoms with Crippen molar-refractivity contribution in [2.75, 3.05) is 0 Å². The molecule has 3 N–H and O–H groups in total. The SMILES string of the molecule is Cc1nc(CCn2ccc(Cl)c(CC(=O)NCc3cc(Cl)ccc3CN)c2=O)c(Cl)o1. The van der Waals surface area contributed by atoms with Crippen molar-refractivity contribution in [2.24, 2.45) is 5.73 Å². The molecule has 2 heterocycles. The maximum absolute atomic E-state index is 12.8. The molecule has 0 aliphatic heterocycles. The summed E-state index contributed by atoms with van der Waals surface area (Å²) in [5, 5.41) is 3.78. The summed E-state index contributed by atoms with van der Waals surface area (Å²) >= 11 is 18.2. The minimum atomic E-state index is -0.343. The number of oxazole rings is 1. The molecule has 2 aromatic heterocycles. The predicted molar refractivity (Wildman–Crippen MR) is 121 cm³/mol. The summed E-state index contributed by atoms with van der Waals surface area (Å²) in [5.41, 5.74) is 7.87. The normalized spacial score (nSPS) is 11.0. The Kier molecular flexibility index (Phi) is 7.78. The van der Waals surface area contributed by atoms with Crippen molar-refractivity contribution in [1.29, 1.82) is 0 Å². The number of benzene rings is 1. The fourth-order valence-electron chi connectivity index (χ4n) is 3.14. The van der Waals surface area contributed by atoms with Gasteiger partial charge in [0.1, 0.15) is 5.69 Å². The Morgan fingerprint density at radius 1 is 1.23 bits per heavy atom. The van der Waals surface area contributed by atoms with Gasteiger partial charge in [-0.05, 0) is 40.9 Å². The molecule has 7 nitrogen and oxygen atoms in total. The van der Waals surface area contributed by atoms with Crippen LogP contribution in [0.3, 0.4) is 0 Å². The van der Waals surface area contributed by atoms with Crippen LogP contribution in [-0.4, -0.2) is 15.5 Å². The molecule has 0 saturated heterocycles. The van der Waals surface area contributed by atoms with Crippen LogP contribution in [0.1, 0.15) is 28.3 Å². The minimum absolute atomic E-state index is 0.152. The highest BCUT2D eigenvalue weighted by Crippen LogP contribution is 2.18. The Hall–Kier alpha value is -2.32. The van der Waals surface area contributed by atoms with E-state index in [2.05, 4.69) is 10.3 Å². The highest BCUT2D eigenvalue weighted by atomic mass is 35.5. The van der Waals surface area contributed by atoms with Gasteiger partial charge in [-0.1, -0.05) is 29.3 Å². The van der Waals surface area contributed by atoms with E-state index >= 15 is 0 Å². The Morgan fingerprint density at radius 2 is 2.00 bits per heavy atom. The zero-order chi connectivity index (χ0) is 22.5. The first-order valence-corrected chi connectivity index (χ1v) is 10.7. The number of nitrogens with zero attached hydrogens (tertiary/aromatic N) is 2. The average molecular weight is 484 g/mol. The molecule has 0 atom stereocenters. The number of aromatic nitrogens is 2. The van der Waals surface area contributed by atoms with Crippen LogP contribution in [0.25, 0.3) is 0 Å². The van der Waals surface area contributed by atoms with E-state index in [-0.39, 0.29) is 40.2 Å². The van der Waals surface area contributed by atoms with Crippen LogP contribution in [0.4, 0.5) is 0 Å². The molecule has 0 saturated carbocycles. The van der Waals surface area contributed by atoms with Crippen molar-refractivity contribution in [3.8, 4) is 0 Å². The standard InChI is InChI=1S/C21H21Cl3N4O3/c1-12-27-18(20(24)31-12)5-7-28-6-4-17(23)16(21(28)30)9-19(29)26-11-14-8-15(22)3-2-13(14)10-25/h2-4,6,8H,5,7,9-11,25H2,1H3,(H,26,29). The van der Waals surface area contributed by atoms with E-state index in [1.807, 2.05) is 6.07 Å². The van der Waals surface area contributed by atoms with Crippen molar-refractivity contribution in [3.05, 3.63) is 84.4 Å². The van der Waals surface area contributed by atoms with Crippen LogP contribution in [0.15, 0.2) is 39.7 Å². The molecule has 10 heteroatoms. The second kappa shape index (κ2) is 10.3. The number of nitrogens with two attached hydrogens (primary N) is 1. The molecular formula is C21H21Cl3N4O3. The predicted octanol–water partition coefficient (Wildman–Crippen LogP) is 3.67. The average Bonchev–Trinajstić information content (AvgIpc) is 3.06. The molecule has 0 aliphatic carbocycles. The van der Waals surface area contributed by atoms with Gasteiger partial charge < -0.3 is 20.0 Å². The zero-order valence-electron chi connectivity index (χ0n) is 16.8. The van der Waals surface area contributed by atoms with E-state index in [9.17, 15) is 9.59 Å². The van der Waals surface area contributed by atoms with E-state index in [1.54, 1.807) is 31.3 Å². The van der Waals surface area contributed by atoms with E-state index < -0.39 is 0 Å². The van der Waals surface area contributed by atoms with Gasteiger partial charge in [-0.25, -0.2) is 4.98 Å². The summed E-state index contributed by atoms with van der Waals surface area (Å²) in [7, 11) is 0. The maximum atomic E-state index is 12.8. The van der Waals surface area contributed by atoms with Crippen LogP contribution in [0.5, 0.6) is 0 Å². The number of hydrogen-bond acceptors (Lipinski definition) is 5. The number of pyridine rings is 1. The Labute approximate surface area is 194 Å². The van der Waals surface area contributed by atoms with Crippen molar-refractivity contribution < 1.29 is 9.21 Å². The summed E-state index contributed by atoms with van der Waals surface area (Å²) in [6, 6.07) is 6.90. The first kappa shape index (κ1) is 23.3. The topological polar surface area (TPSA) is 103 Å². The first-order chi connectivity index (χ1) is 14.8. The van der Waals surface area contributed by atoms with Gasteiger partial charge in [0.2, 0.25) is 11.1 Å². The van der Waals surface area contributed by atoms with Gasteiger partial charge >= 0.3 is 0 Å². The molecule has 0 spiro atoms. The van der Waals surface area contributed by atoms with Gasteiger partial charge in [-0.15, -0.1) is 0 Å². The first-order valence-electron chi connectivity index (χ1n) is 9.52. The molecule has 164 valence electrons. The molecule has 3 rings (SSSR count). The number of nitrogens with one attached hydrogen (secondary N) is 1. The Balaban J connectivity index is 1.69. The minimum Gasteiger partial charge on any atom is -0.429 e. The van der Waals surface area contributed by atoms with E-state index in [0.29, 0.717) is 36.1 Å². The molecule has 0 radical (unpaired) electrons. The van der Waals surface area contributed by atoms with E-state index in [1.165, 1.54) is 4.57 Å². The molecule has 0 unspecified atom stereocenters. The molecule has 0 fully saturated rings. The van der Waals surface area contributed by atoms with Gasteiger partial charge in [0.05, 0.1) is 11.4 Å². The highest BCUT2D eigenvalue weighted by molar-refractivity contribution is 6.31. The van der Waals surface area contributed by atoms with Crippen molar-refractivity contribution in [2.45, 2.75) is 39.4 Å². The lowest BCUT2D eigenvalue weighted by Crippen LogP contribution is -2.31. The highest BCUT2D eigenvalue weighted by Gasteiger charge is 2.15. The quantitative estimate of drug-likeness (QED) is 0.509. The third kappa shape index (κ3) is 5.89. The van der Waals surface area contributed by atoms with Crippen molar-refractivity contribution >= 4 is 40.7 Å². The van der Waals surface area contributed by atoms with Crippen LogP contribution < -0.4 is 16.6 Å². The van der Waals surface area contributed by atoms with Crippen LogP contribution >= 0.6 is 34.8 Å². The van der Waals surface area contributed by atoms with E-state index in [0.717, 1.165) is 11.1 Å². The summed E-state index contributed by atoms with van der Waals surface area (Å²) in [5.74, 6) is 0.119. The monoisotopic (exact) mass is 482 g/mol. The lowest BCUT2D eigenvalue weighted by atomic mass is 10.1. The number of aryl methyl sites for hydroxylation is 3. The van der Waals surface area contributed by atoms with Crippen molar-refractivity contribution in [1.82, 2.24) is 14.9 Å². The molecule has 1 amide bonds.